The molecule has 112 valence electrons. The fourth-order valence-corrected chi connectivity index (χ4v) is 2.47. The molecular formula is C18H24N2O. The van der Waals surface area contributed by atoms with Crippen LogP contribution in [0.25, 0.3) is 0 Å². The summed E-state index contributed by atoms with van der Waals surface area (Å²) in [6.45, 7) is 13.1. The Balaban J connectivity index is 2.69. The number of rotatable bonds is 0. The molecule has 1 aromatic rings. The van der Waals surface area contributed by atoms with E-state index in [1.165, 1.54) is 5.56 Å². The number of nitrogens with zero attached hydrogens (tertiary/aromatic N) is 1. The summed E-state index contributed by atoms with van der Waals surface area (Å²) in [7, 11) is 0. The third kappa shape index (κ3) is 2.90. The molecule has 0 aliphatic carbocycles. The molecule has 0 aromatic heterocycles. The van der Waals surface area contributed by atoms with Crippen LogP contribution in [-0.4, -0.2) is 0 Å². The molecule has 1 aliphatic heterocycles. The third-order valence-electron chi connectivity index (χ3n) is 3.85. The molecule has 1 heterocycles. The van der Waals surface area contributed by atoms with Crippen molar-refractivity contribution in [2.45, 2.75) is 58.8 Å². The van der Waals surface area contributed by atoms with Gasteiger partial charge in [-0.1, -0.05) is 53.7 Å². The van der Waals surface area contributed by atoms with Crippen molar-refractivity contribution in [2.75, 3.05) is 0 Å². The Labute approximate surface area is 127 Å². The highest BCUT2D eigenvalue weighted by molar-refractivity contribution is 5.54. The quantitative estimate of drug-likeness (QED) is 0.785. The average Bonchev–Trinajstić information content (AvgIpc) is 2.34. The van der Waals surface area contributed by atoms with Gasteiger partial charge >= 0.3 is 0 Å². The standard InChI is InChI=1S/C18H24N2O/c1-17(2,3)13-8-11-7-12(10-19)16(20)21-15(11)14(9-13)18(4,5)6/h8-9H,7,20H2,1-6H3. The molecule has 1 aromatic carbocycles. The van der Waals surface area contributed by atoms with Crippen molar-refractivity contribution in [3.8, 4) is 11.8 Å². The van der Waals surface area contributed by atoms with E-state index >= 15 is 0 Å². The SMILES string of the molecule is CC(C)(C)c1cc2c(c(C(C)(C)C)c1)OC(N)=C(C#N)C2. The topological polar surface area (TPSA) is 59.0 Å². The van der Waals surface area contributed by atoms with Gasteiger partial charge in [0, 0.05) is 17.5 Å². The number of allylic oxidation sites excluding steroid dienone is 1. The zero-order valence-electron chi connectivity index (χ0n) is 13.8. The summed E-state index contributed by atoms with van der Waals surface area (Å²) in [6, 6.07) is 6.50. The third-order valence-corrected chi connectivity index (χ3v) is 3.85. The minimum Gasteiger partial charge on any atom is -0.440 e. The Morgan fingerprint density at radius 1 is 1.10 bits per heavy atom. The number of nitriles is 1. The van der Waals surface area contributed by atoms with Crippen molar-refractivity contribution in [1.29, 1.82) is 5.26 Å². The van der Waals surface area contributed by atoms with E-state index in [0.29, 0.717) is 12.0 Å². The predicted molar refractivity (Wildman–Crippen MR) is 85.0 cm³/mol. The molecule has 2 rings (SSSR count). The second-order valence-electron chi connectivity index (χ2n) is 7.75. The monoisotopic (exact) mass is 284 g/mol. The zero-order chi connectivity index (χ0) is 16.0. The Morgan fingerprint density at radius 2 is 1.71 bits per heavy atom. The van der Waals surface area contributed by atoms with Gasteiger partial charge in [-0.15, -0.1) is 0 Å². The number of hydrogen-bond acceptors (Lipinski definition) is 3. The Bertz CT molecular complexity index is 650. The van der Waals surface area contributed by atoms with Gasteiger partial charge in [0.05, 0.1) is 5.57 Å². The molecule has 0 unspecified atom stereocenters. The largest absolute Gasteiger partial charge is 0.440 e. The van der Waals surface area contributed by atoms with Gasteiger partial charge in [-0.05, 0) is 16.4 Å². The molecule has 2 N–H and O–H groups in total. The van der Waals surface area contributed by atoms with E-state index in [4.69, 9.17) is 10.5 Å². The van der Waals surface area contributed by atoms with Crippen LogP contribution in [0, 0.1) is 11.3 Å². The normalized spacial score (nSPS) is 15.3. The van der Waals surface area contributed by atoms with E-state index in [2.05, 4.69) is 59.7 Å². The van der Waals surface area contributed by atoms with Crippen LogP contribution in [0.1, 0.15) is 58.2 Å². The Morgan fingerprint density at radius 3 is 2.19 bits per heavy atom. The van der Waals surface area contributed by atoms with Crippen LogP contribution in [-0.2, 0) is 17.3 Å². The minimum atomic E-state index is -0.0459. The summed E-state index contributed by atoms with van der Waals surface area (Å²) in [5, 5.41) is 9.18. The van der Waals surface area contributed by atoms with Gasteiger partial charge in [-0.2, -0.15) is 5.26 Å². The van der Waals surface area contributed by atoms with Crippen molar-refractivity contribution in [3.05, 3.63) is 40.3 Å². The van der Waals surface area contributed by atoms with Crippen LogP contribution in [0.2, 0.25) is 0 Å². The molecule has 0 bridgehead atoms. The first-order valence-electron chi connectivity index (χ1n) is 7.28. The van der Waals surface area contributed by atoms with Crippen LogP contribution in [0.4, 0.5) is 0 Å². The Hall–Kier alpha value is -1.95. The van der Waals surface area contributed by atoms with E-state index in [1.807, 2.05) is 0 Å². The molecule has 0 saturated heterocycles. The fraction of sp³-hybridized carbons (Fsp3) is 0.500. The van der Waals surface area contributed by atoms with Gasteiger partial charge in [0.15, 0.2) is 0 Å². The predicted octanol–water partition coefficient (Wildman–Crippen LogP) is 3.91. The Kier molecular flexibility index (Phi) is 3.53. The van der Waals surface area contributed by atoms with E-state index in [1.54, 1.807) is 0 Å². The maximum atomic E-state index is 9.18. The summed E-state index contributed by atoms with van der Waals surface area (Å²) in [4.78, 5) is 0. The first-order chi connectivity index (χ1) is 9.54. The molecule has 0 spiro atoms. The first-order valence-corrected chi connectivity index (χ1v) is 7.28. The lowest BCUT2D eigenvalue weighted by Crippen LogP contribution is -2.23. The summed E-state index contributed by atoms with van der Waals surface area (Å²) in [5.74, 6) is 1.06. The molecule has 0 fully saturated rings. The molecule has 3 nitrogen and oxygen atoms in total. The van der Waals surface area contributed by atoms with Gasteiger partial charge in [0.25, 0.3) is 0 Å². The molecule has 3 heteroatoms. The number of hydrogen-bond donors (Lipinski definition) is 1. The first kappa shape index (κ1) is 15.4. The van der Waals surface area contributed by atoms with Gasteiger partial charge in [-0.3, -0.25) is 0 Å². The number of ether oxygens (including phenoxy) is 1. The van der Waals surface area contributed by atoms with Crippen molar-refractivity contribution >= 4 is 0 Å². The van der Waals surface area contributed by atoms with Gasteiger partial charge in [0.1, 0.15) is 11.8 Å². The molecule has 0 amide bonds. The highest BCUT2D eigenvalue weighted by Gasteiger charge is 2.29. The molecule has 0 saturated carbocycles. The second kappa shape index (κ2) is 4.80. The fourth-order valence-electron chi connectivity index (χ4n) is 2.47. The van der Waals surface area contributed by atoms with Crippen molar-refractivity contribution in [3.63, 3.8) is 0 Å². The maximum Gasteiger partial charge on any atom is 0.205 e. The van der Waals surface area contributed by atoms with E-state index < -0.39 is 0 Å². The van der Waals surface area contributed by atoms with Gasteiger partial charge in [0.2, 0.25) is 5.88 Å². The molecule has 21 heavy (non-hydrogen) atoms. The van der Waals surface area contributed by atoms with Crippen molar-refractivity contribution < 1.29 is 4.74 Å². The van der Waals surface area contributed by atoms with E-state index in [9.17, 15) is 5.26 Å². The zero-order valence-corrected chi connectivity index (χ0v) is 13.8. The van der Waals surface area contributed by atoms with Crippen LogP contribution >= 0.6 is 0 Å². The summed E-state index contributed by atoms with van der Waals surface area (Å²) < 4.78 is 5.80. The van der Waals surface area contributed by atoms with Crippen LogP contribution in [0.5, 0.6) is 5.75 Å². The molecule has 1 aliphatic rings. The smallest absolute Gasteiger partial charge is 0.205 e. The van der Waals surface area contributed by atoms with Crippen LogP contribution in [0.15, 0.2) is 23.6 Å². The summed E-state index contributed by atoms with van der Waals surface area (Å²) >= 11 is 0. The summed E-state index contributed by atoms with van der Waals surface area (Å²) in [6.07, 6.45) is 0.546. The van der Waals surface area contributed by atoms with E-state index in [-0.39, 0.29) is 16.7 Å². The molecular weight excluding hydrogens is 260 g/mol. The number of nitrogens with two attached hydrogens (primary N) is 1. The van der Waals surface area contributed by atoms with E-state index in [0.717, 1.165) is 16.9 Å². The lowest BCUT2D eigenvalue weighted by Gasteiger charge is -2.31. The van der Waals surface area contributed by atoms with Gasteiger partial charge in [-0.25, -0.2) is 0 Å². The highest BCUT2D eigenvalue weighted by atomic mass is 16.5. The maximum absolute atomic E-state index is 9.18. The highest BCUT2D eigenvalue weighted by Crippen LogP contribution is 2.41. The van der Waals surface area contributed by atoms with Crippen LogP contribution < -0.4 is 10.5 Å². The minimum absolute atomic E-state index is 0.0459. The number of fused-ring (bicyclic) bond motifs is 1. The van der Waals surface area contributed by atoms with Gasteiger partial charge < -0.3 is 10.5 Å². The lowest BCUT2D eigenvalue weighted by molar-refractivity contribution is 0.382. The van der Waals surface area contributed by atoms with Crippen molar-refractivity contribution in [1.82, 2.24) is 0 Å². The van der Waals surface area contributed by atoms with Crippen LogP contribution in [0.3, 0.4) is 0 Å². The lowest BCUT2D eigenvalue weighted by atomic mass is 9.78. The molecule has 0 atom stereocenters. The molecule has 0 radical (unpaired) electrons. The average molecular weight is 284 g/mol. The second-order valence-corrected chi connectivity index (χ2v) is 7.75. The summed E-state index contributed by atoms with van der Waals surface area (Å²) in [5.41, 5.74) is 9.84. The number of benzene rings is 1. The van der Waals surface area contributed by atoms with Crippen molar-refractivity contribution in [2.24, 2.45) is 5.73 Å².